The van der Waals surface area contributed by atoms with Crippen molar-refractivity contribution in [2.24, 2.45) is 7.05 Å². The van der Waals surface area contributed by atoms with Crippen molar-refractivity contribution in [3.05, 3.63) is 68.8 Å². The second-order valence-corrected chi connectivity index (χ2v) is 6.93. The van der Waals surface area contributed by atoms with E-state index in [1.807, 2.05) is 0 Å². The first kappa shape index (κ1) is 18.5. The molecule has 3 aromatic rings. The van der Waals surface area contributed by atoms with Gasteiger partial charge in [-0.05, 0) is 34.2 Å². The summed E-state index contributed by atoms with van der Waals surface area (Å²) in [5.74, 6) is -4.29. The Morgan fingerprint density at radius 3 is 2.68 bits per heavy atom. The van der Waals surface area contributed by atoms with E-state index in [4.69, 9.17) is 16.3 Å². The van der Waals surface area contributed by atoms with Crippen LogP contribution in [0.5, 0.6) is 5.75 Å². The number of aryl methyl sites for hydroxylation is 1. The van der Waals surface area contributed by atoms with Crippen LogP contribution in [0.25, 0.3) is 5.69 Å². The number of hydrogen-bond acceptors (Lipinski definition) is 4. The van der Waals surface area contributed by atoms with Crippen molar-refractivity contribution < 1.29 is 17.9 Å². The Bertz CT molecular complexity index is 1110. The summed E-state index contributed by atoms with van der Waals surface area (Å²) in [6.45, 7) is -0.204. The first-order valence-electron chi connectivity index (χ1n) is 8.35. The Hall–Kier alpha value is -2.81. The molecule has 6 nitrogen and oxygen atoms in total. The molecule has 10 heteroatoms. The van der Waals surface area contributed by atoms with E-state index in [0.29, 0.717) is 11.1 Å². The van der Waals surface area contributed by atoms with Crippen LogP contribution in [0.4, 0.5) is 13.2 Å². The smallest absolute Gasteiger partial charge is 0.368 e. The zero-order valence-corrected chi connectivity index (χ0v) is 15.3. The molecule has 1 heterocycles. The summed E-state index contributed by atoms with van der Waals surface area (Å²) in [5, 5.41) is 7.61. The molecule has 0 N–H and O–H groups in total. The summed E-state index contributed by atoms with van der Waals surface area (Å²) in [5.41, 5.74) is 0.413. The Morgan fingerprint density at radius 2 is 2.04 bits per heavy atom. The van der Waals surface area contributed by atoms with E-state index in [-0.39, 0.29) is 29.5 Å². The van der Waals surface area contributed by atoms with Crippen LogP contribution in [0.3, 0.4) is 0 Å². The Balaban J connectivity index is 1.78. The van der Waals surface area contributed by atoms with E-state index in [0.717, 1.165) is 15.4 Å². The lowest BCUT2D eigenvalue weighted by molar-refractivity contribution is 0.112. The number of benzene rings is 2. The van der Waals surface area contributed by atoms with Crippen molar-refractivity contribution in [1.29, 1.82) is 0 Å². The highest BCUT2D eigenvalue weighted by Gasteiger charge is 2.58. The molecule has 4 rings (SSSR count). The van der Waals surface area contributed by atoms with Gasteiger partial charge >= 0.3 is 5.69 Å². The van der Waals surface area contributed by atoms with Crippen molar-refractivity contribution in [3.63, 3.8) is 0 Å². The fourth-order valence-corrected chi connectivity index (χ4v) is 3.20. The monoisotopic (exact) mass is 410 g/mol. The third-order valence-electron chi connectivity index (χ3n) is 4.60. The summed E-state index contributed by atoms with van der Waals surface area (Å²) < 4.78 is 48.6. The van der Waals surface area contributed by atoms with Gasteiger partial charge in [-0.2, -0.15) is 9.36 Å². The molecule has 1 unspecified atom stereocenters. The third-order valence-corrected chi connectivity index (χ3v) is 4.92. The fraction of sp³-hybridized carbons (Fsp3) is 0.278. The maximum Gasteiger partial charge on any atom is 0.368 e. The number of tetrazole rings is 1. The number of ether oxygens (including phenoxy) is 1. The number of rotatable bonds is 5. The van der Waals surface area contributed by atoms with Gasteiger partial charge in [-0.3, -0.25) is 0 Å². The van der Waals surface area contributed by atoms with E-state index >= 15 is 0 Å². The molecule has 0 spiro atoms. The minimum atomic E-state index is -2.82. The largest absolute Gasteiger partial charge is 0.487 e. The fourth-order valence-electron chi connectivity index (χ4n) is 3.03. The molecule has 0 radical (unpaired) electrons. The van der Waals surface area contributed by atoms with Gasteiger partial charge in [-0.15, -0.1) is 0 Å². The number of hydrogen-bond donors (Lipinski definition) is 0. The molecule has 0 amide bonds. The summed E-state index contributed by atoms with van der Waals surface area (Å²) in [6, 6.07) is 8.30. The van der Waals surface area contributed by atoms with Gasteiger partial charge < -0.3 is 4.74 Å². The molecule has 1 aliphatic rings. The van der Waals surface area contributed by atoms with Crippen molar-refractivity contribution in [2.75, 3.05) is 0 Å². The van der Waals surface area contributed by atoms with E-state index < -0.39 is 23.3 Å². The summed E-state index contributed by atoms with van der Waals surface area (Å²) in [6.07, 6.45) is -0.292. The normalized spacial score (nSPS) is 17.5. The minimum Gasteiger partial charge on any atom is -0.487 e. The van der Waals surface area contributed by atoms with Crippen LogP contribution in [0.15, 0.2) is 41.2 Å². The molecule has 146 valence electrons. The summed E-state index contributed by atoms with van der Waals surface area (Å²) in [4.78, 5) is 12.3. The summed E-state index contributed by atoms with van der Waals surface area (Å²) >= 11 is 6.02. The Kier molecular flexibility index (Phi) is 4.41. The van der Waals surface area contributed by atoms with Gasteiger partial charge in [0.1, 0.15) is 18.2 Å². The quantitative estimate of drug-likeness (QED) is 0.646. The predicted molar refractivity (Wildman–Crippen MR) is 94.6 cm³/mol. The predicted octanol–water partition coefficient (Wildman–Crippen LogP) is 3.46. The van der Waals surface area contributed by atoms with Crippen molar-refractivity contribution in [3.8, 4) is 11.4 Å². The molecule has 2 aromatic carbocycles. The van der Waals surface area contributed by atoms with Crippen LogP contribution < -0.4 is 10.4 Å². The van der Waals surface area contributed by atoms with Gasteiger partial charge in [-0.1, -0.05) is 23.7 Å². The van der Waals surface area contributed by atoms with Gasteiger partial charge in [0.05, 0.1) is 16.6 Å². The maximum absolute atomic E-state index is 13.7. The average Bonchev–Trinajstić information content (AvgIpc) is 3.17. The highest BCUT2D eigenvalue weighted by atomic mass is 35.5. The van der Waals surface area contributed by atoms with Gasteiger partial charge in [0.25, 0.3) is 5.92 Å². The first-order chi connectivity index (χ1) is 13.3. The average molecular weight is 411 g/mol. The van der Waals surface area contributed by atoms with Crippen LogP contribution >= 0.6 is 11.6 Å². The SMILES string of the molecule is Cn1nnn(-c2cccc(C3CC3(F)F)c2COc2cc(F)ccc2Cl)c1=O. The lowest BCUT2D eigenvalue weighted by atomic mass is 10.0. The van der Waals surface area contributed by atoms with Gasteiger partial charge in [0.2, 0.25) is 0 Å². The molecular weight excluding hydrogens is 397 g/mol. The molecule has 1 atom stereocenters. The lowest BCUT2D eigenvalue weighted by Gasteiger charge is -2.15. The van der Waals surface area contributed by atoms with Gasteiger partial charge in [-0.25, -0.2) is 18.0 Å². The molecule has 0 saturated heterocycles. The van der Waals surface area contributed by atoms with Crippen molar-refractivity contribution in [2.45, 2.75) is 24.9 Å². The van der Waals surface area contributed by atoms with E-state index in [2.05, 4.69) is 10.4 Å². The molecule has 1 fully saturated rings. The molecule has 1 saturated carbocycles. The van der Waals surface area contributed by atoms with Crippen LogP contribution in [-0.2, 0) is 13.7 Å². The standard InChI is InChI=1S/C18H14ClF3N4O2/c1-25-17(27)26(24-23-25)15-4-2-3-11(13-8-18(13,21)22)12(15)9-28-16-7-10(20)5-6-14(16)19/h2-7,13H,8-9H2,1H3. The van der Waals surface area contributed by atoms with Crippen LogP contribution in [0.2, 0.25) is 5.02 Å². The molecular formula is C18H14ClF3N4O2. The van der Waals surface area contributed by atoms with Crippen LogP contribution in [0, 0.1) is 5.82 Å². The van der Waals surface area contributed by atoms with E-state index in [1.165, 1.54) is 19.2 Å². The molecule has 28 heavy (non-hydrogen) atoms. The zero-order chi connectivity index (χ0) is 20.1. The van der Waals surface area contributed by atoms with Crippen LogP contribution in [-0.4, -0.2) is 25.7 Å². The number of halogens is 4. The second kappa shape index (κ2) is 6.66. The van der Waals surface area contributed by atoms with Crippen LogP contribution in [0.1, 0.15) is 23.5 Å². The molecule has 0 bridgehead atoms. The molecule has 1 aromatic heterocycles. The topological polar surface area (TPSA) is 61.9 Å². The van der Waals surface area contributed by atoms with E-state index in [1.54, 1.807) is 18.2 Å². The van der Waals surface area contributed by atoms with Crippen molar-refractivity contribution in [1.82, 2.24) is 19.8 Å². The maximum atomic E-state index is 13.7. The Morgan fingerprint density at radius 1 is 1.29 bits per heavy atom. The Labute approximate surface area is 162 Å². The van der Waals surface area contributed by atoms with Gasteiger partial charge in [0, 0.05) is 25.1 Å². The molecule has 1 aliphatic carbocycles. The van der Waals surface area contributed by atoms with Gasteiger partial charge in [0.15, 0.2) is 0 Å². The lowest BCUT2D eigenvalue weighted by Crippen LogP contribution is -2.23. The third kappa shape index (κ3) is 3.26. The first-order valence-corrected chi connectivity index (χ1v) is 8.72. The number of aromatic nitrogens is 4. The second-order valence-electron chi connectivity index (χ2n) is 6.52. The molecule has 0 aliphatic heterocycles. The zero-order valence-electron chi connectivity index (χ0n) is 14.6. The van der Waals surface area contributed by atoms with Crippen molar-refractivity contribution >= 4 is 11.6 Å². The highest BCUT2D eigenvalue weighted by Crippen LogP contribution is 2.56. The number of alkyl halides is 2. The minimum absolute atomic E-state index is 0.0662. The highest BCUT2D eigenvalue weighted by molar-refractivity contribution is 6.32. The number of nitrogens with zero attached hydrogens (tertiary/aromatic N) is 4. The van der Waals surface area contributed by atoms with E-state index in [9.17, 15) is 18.0 Å². The summed E-state index contributed by atoms with van der Waals surface area (Å²) in [7, 11) is 1.42.